The summed E-state index contributed by atoms with van der Waals surface area (Å²) in [6.07, 6.45) is 7.25. The third-order valence-electron chi connectivity index (χ3n) is 5.38. The number of nitrogens with zero attached hydrogens (tertiary/aromatic N) is 2. The zero-order valence-corrected chi connectivity index (χ0v) is 19.9. The van der Waals surface area contributed by atoms with Gasteiger partial charge in [-0.2, -0.15) is 16.8 Å². The van der Waals surface area contributed by atoms with Gasteiger partial charge < -0.3 is 4.90 Å². The van der Waals surface area contributed by atoms with E-state index < -0.39 is 31.4 Å². The van der Waals surface area contributed by atoms with Crippen LogP contribution in [0.15, 0.2) is 82.3 Å². The third kappa shape index (κ3) is 6.17. The molecule has 0 fully saturated rings. The van der Waals surface area contributed by atoms with Crippen LogP contribution in [0.4, 0.5) is 11.4 Å². The smallest absolute Gasteiger partial charge is 0.294 e. The zero-order valence-electron chi connectivity index (χ0n) is 18.3. The number of rotatable bonds is 8. The molecule has 0 saturated heterocycles. The van der Waals surface area contributed by atoms with Gasteiger partial charge in [0, 0.05) is 29.6 Å². The SMILES string of the molecule is CC1(C)\C(=C/C=C/C=N/c2ccccc2)N(CCCS(=O)(=O)O)c2ccc(S(=O)(=O)O)cc21. The van der Waals surface area contributed by atoms with Crippen molar-refractivity contribution in [3.05, 3.63) is 78.0 Å². The van der Waals surface area contributed by atoms with Gasteiger partial charge >= 0.3 is 0 Å². The standard InChI is InChI=1S/C23H26N2O6S2/c1-23(2)20-17-19(33(29,30)31)12-13-21(20)25(15-8-16-32(26,27)28)22(23)11-6-7-14-24-18-9-4-3-5-10-18/h3-7,9-14,17H,8,15-16H2,1-2H3,(H,26,27,28)(H,29,30,31)/b7-6+,22-11+,24-14+. The molecule has 176 valence electrons. The van der Waals surface area contributed by atoms with Gasteiger partial charge in [-0.25, -0.2) is 0 Å². The number of hydrogen-bond donors (Lipinski definition) is 2. The second-order valence-corrected chi connectivity index (χ2v) is 11.1. The highest BCUT2D eigenvalue weighted by Gasteiger charge is 2.40. The van der Waals surface area contributed by atoms with Crippen LogP contribution < -0.4 is 4.90 Å². The zero-order chi connectivity index (χ0) is 24.3. The van der Waals surface area contributed by atoms with Gasteiger partial charge in [0.15, 0.2) is 0 Å². The second-order valence-electron chi connectivity index (χ2n) is 8.12. The summed E-state index contributed by atoms with van der Waals surface area (Å²) in [6, 6.07) is 13.8. The summed E-state index contributed by atoms with van der Waals surface area (Å²) in [5.41, 5.74) is 2.38. The molecule has 33 heavy (non-hydrogen) atoms. The number of hydrogen-bond acceptors (Lipinski definition) is 6. The Hall–Kier alpha value is -2.79. The summed E-state index contributed by atoms with van der Waals surface area (Å²) in [5.74, 6) is -0.394. The summed E-state index contributed by atoms with van der Waals surface area (Å²) in [4.78, 5) is 6.02. The van der Waals surface area contributed by atoms with Crippen molar-refractivity contribution in [2.75, 3.05) is 17.2 Å². The Balaban J connectivity index is 1.94. The number of aliphatic imine (C=N–C) groups is 1. The van der Waals surface area contributed by atoms with Crippen LogP contribution in [0.1, 0.15) is 25.8 Å². The third-order valence-corrected chi connectivity index (χ3v) is 7.03. The maximum Gasteiger partial charge on any atom is 0.294 e. The van der Waals surface area contributed by atoms with Crippen LogP contribution in [0.3, 0.4) is 0 Å². The molecular weight excluding hydrogens is 464 g/mol. The highest BCUT2D eigenvalue weighted by Crippen LogP contribution is 2.48. The van der Waals surface area contributed by atoms with Crippen molar-refractivity contribution in [3.8, 4) is 0 Å². The first-order valence-electron chi connectivity index (χ1n) is 10.2. The van der Waals surface area contributed by atoms with E-state index in [2.05, 4.69) is 4.99 Å². The van der Waals surface area contributed by atoms with Gasteiger partial charge in [-0.15, -0.1) is 0 Å². The van der Waals surface area contributed by atoms with Crippen LogP contribution in [0.5, 0.6) is 0 Å². The number of fused-ring (bicyclic) bond motifs is 1. The largest absolute Gasteiger partial charge is 0.344 e. The molecule has 0 spiro atoms. The van der Waals surface area contributed by atoms with E-state index in [1.54, 1.807) is 24.4 Å². The first kappa shape index (κ1) is 24.8. The molecule has 1 aliphatic heterocycles. The van der Waals surface area contributed by atoms with Crippen molar-refractivity contribution < 1.29 is 25.9 Å². The molecule has 0 unspecified atom stereocenters. The van der Waals surface area contributed by atoms with Crippen LogP contribution in [-0.2, 0) is 25.7 Å². The summed E-state index contributed by atoms with van der Waals surface area (Å²) in [7, 11) is -8.48. The van der Waals surface area contributed by atoms with Gasteiger partial charge in [0.25, 0.3) is 20.2 Å². The van der Waals surface area contributed by atoms with E-state index in [-0.39, 0.29) is 11.3 Å². The van der Waals surface area contributed by atoms with Gasteiger partial charge in [0.05, 0.1) is 16.3 Å². The quantitative estimate of drug-likeness (QED) is 0.421. The molecule has 1 aliphatic rings. The van der Waals surface area contributed by atoms with Gasteiger partial charge in [-0.1, -0.05) is 38.1 Å². The lowest BCUT2D eigenvalue weighted by Crippen LogP contribution is -2.28. The Morgan fingerprint density at radius 2 is 1.70 bits per heavy atom. The molecule has 3 rings (SSSR count). The van der Waals surface area contributed by atoms with Crippen LogP contribution in [0.25, 0.3) is 0 Å². The molecule has 0 atom stereocenters. The summed E-state index contributed by atoms with van der Waals surface area (Å²) in [6.45, 7) is 4.12. The molecule has 2 aromatic carbocycles. The molecule has 2 aromatic rings. The number of anilines is 1. The van der Waals surface area contributed by atoms with E-state index in [4.69, 9.17) is 4.55 Å². The normalized spacial score (nSPS) is 17.3. The van der Waals surface area contributed by atoms with Gasteiger partial charge in [0.2, 0.25) is 0 Å². The first-order valence-corrected chi connectivity index (χ1v) is 13.3. The van der Waals surface area contributed by atoms with Crippen molar-refractivity contribution in [3.63, 3.8) is 0 Å². The molecule has 2 N–H and O–H groups in total. The Morgan fingerprint density at radius 3 is 2.33 bits per heavy atom. The maximum absolute atomic E-state index is 11.7. The van der Waals surface area contributed by atoms with E-state index in [9.17, 15) is 21.4 Å². The van der Waals surface area contributed by atoms with Crippen molar-refractivity contribution in [2.24, 2.45) is 4.99 Å². The maximum atomic E-state index is 11.7. The van der Waals surface area contributed by atoms with Crippen molar-refractivity contribution in [1.29, 1.82) is 0 Å². The lowest BCUT2D eigenvalue weighted by atomic mass is 9.83. The van der Waals surface area contributed by atoms with Crippen LogP contribution in [-0.4, -0.2) is 44.5 Å². The molecule has 10 heteroatoms. The van der Waals surface area contributed by atoms with E-state index in [0.29, 0.717) is 17.8 Å². The minimum absolute atomic E-state index is 0.172. The molecule has 0 radical (unpaired) electrons. The van der Waals surface area contributed by atoms with Crippen LogP contribution in [0, 0.1) is 0 Å². The Kier molecular flexibility index (Phi) is 7.23. The Labute approximate surface area is 194 Å². The van der Waals surface area contributed by atoms with E-state index in [1.165, 1.54) is 12.1 Å². The van der Waals surface area contributed by atoms with Gasteiger partial charge in [-0.05, 0) is 54.5 Å². The average Bonchev–Trinajstić information content (AvgIpc) is 2.93. The molecule has 1 heterocycles. The fourth-order valence-electron chi connectivity index (χ4n) is 3.80. The summed E-state index contributed by atoms with van der Waals surface area (Å²) < 4.78 is 64.2. The number of allylic oxidation sites excluding steroid dienone is 4. The Morgan fingerprint density at radius 1 is 1.00 bits per heavy atom. The minimum atomic E-state index is -4.38. The lowest BCUT2D eigenvalue weighted by Gasteiger charge is -2.26. The molecule has 0 amide bonds. The first-order chi connectivity index (χ1) is 15.4. The fraction of sp³-hybridized carbons (Fsp3) is 0.261. The van der Waals surface area contributed by atoms with Crippen LogP contribution >= 0.6 is 0 Å². The molecular formula is C23H26N2O6S2. The van der Waals surface area contributed by atoms with Crippen LogP contribution in [0.2, 0.25) is 0 Å². The predicted molar refractivity (Wildman–Crippen MR) is 129 cm³/mol. The van der Waals surface area contributed by atoms with E-state index in [1.807, 2.05) is 55.2 Å². The van der Waals surface area contributed by atoms with Crippen molar-refractivity contribution >= 4 is 37.8 Å². The fourth-order valence-corrected chi connectivity index (χ4v) is 4.80. The molecule has 0 aromatic heterocycles. The monoisotopic (exact) mass is 490 g/mol. The topological polar surface area (TPSA) is 124 Å². The number of para-hydroxylation sites is 1. The average molecular weight is 491 g/mol. The Bertz CT molecular complexity index is 1310. The highest BCUT2D eigenvalue weighted by atomic mass is 32.2. The highest BCUT2D eigenvalue weighted by molar-refractivity contribution is 7.86. The molecule has 0 saturated carbocycles. The molecule has 0 aliphatic carbocycles. The second kappa shape index (κ2) is 9.60. The van der Waals surface area contributed by atoms with Crippen molar-refractivity contribution in [1.82, 2.24) is 0 Å². The van der Waals surface area contributed by atoms with E-state index in [0.717, 1.165) is 11.4 Å². The van der Waals surface area contributed by atoms with Gasteiger partial charge in [-0.3, -0.25) is 14.1 Å². The van der Waals surface area contributed by atoms with E-state index >= 15 is 0 Å². The summed E-state index contributed by atoms with van der Waals surface area (Å²) >= 11 is 0. The molecule has 8 nitrogen and oxygen atoms in total. The summed E-state index contributed by atoms with van der Waals surface area (Å²) in [5, 5.41) is 0. The minimum Gasteiger partial charge on any atom is -0.344 e. The number of benzene rings is 2. The predicted octanol–water partition coefficient (Wildman–Crippen LogP) is 4.15. The van der Waals surface area contributed by atoms with Crippen molar-refractivity contribution in [2.45, 2.75) is 30.6 Å². The molecule has 0 bridgehead atoms. The lowest BCUT2D eigenvalue weighted by molar-refractivity contribution is 0.479. The van der Waals surface area contributed by atoms with Gasteiger partial charge in [0.1, 0.15) is 0 Å².